The number of nitrogens with zero attached hydrogens (tertiary/aromatic N) is 1. The molecule has 0 saturated carbocycles. The van der Waals surface area contributed by atoms with E-state index in [0.717, 1.165) is 12.4 Å². The summed E-state index contributed by atoms with van der Waals surface area (Å²) in [7, 11) is 0. The van der Waals surface area contributed by atoms with Gasteiger partial charge in [-0.2, -0.15) is 0 Å². The first-order valence-corrected chi connectivity index (χ1v) is 7.88. The highest BCUT2D eigenvalue weighted by Crippen LogP contribution is 2.20. The highest BCUT2D eigenvalue weighted by Gasteiger charge is 2.19. The van der Waals surface area contributed by atoms with Crippen LogP contribution in [-0.2, 0) is 0 Å². The molecular formula is C17H27ClFNO. The van der Waals surface area contributed by atoms with Crippen LogP contribution in [-0.4, -0.2) is 31.1 Å². The first kappa shape index (κ1) is 18.2. The van der Waals surface area contributed by atoms with Gasteiger partial charge in [0.2, 0.25) is 0 Å². The maximum absolute atomic E-state index is 12.8. The molecule has 2 rings (SSSR count). The number of piperidine rings is 1. The summed E-state index contributed by atoms with van der Waals surface area (Å²) in [4.78, 5) is 2.57. The zero-order valence-corrected chi connectivity index (χ0v) is 13.7. The number of hydrogen-bond donors (Lipinski definition) is 0. The van der Waals surface area contributed by atoms with Crippen LogP contribution >= 0.6 is 12.4 Å². The minimum Gasteiger partial charge on any atom is -0.493 e. The van der Waals surface area contributed by atoms with Crippen LogP contribution in [0, 0.1) is 11.7 Å². The monoisotopic (exact) mass is 315 g/mol. The first-order valence-electron chi connectivity index (χ1n) is 7.88. The van der Waals surface area contributed by atoms with Crippen molar-refractivity contribution < 1.29 is 9.13 Å². The van der Waals surface area contributed by atoms with Crippen LogP contribution < -0.4 is 4.74 Å². The van der Waals surface area contributed by atoms with Crippen LogP contribution in [0.15, 0.2) is 24.3 Å². The molecule has 4 heteroatoms. The van der Waals surface area contributed by atoms with Gasteiger partial charge in [0.1, 0.15) is 11.6 Å². The zero-order valence-electron chi connectivity index (χ0n) is 12.9. The Morgan fingerprint density at radius 2 is 1.81 bits per heavy atom. The van der Waals surface area contributed by atoms with E-state index in [1.165, 1.54) is 63.9 Å². The van der Waals surface area contributed by atoms with Crippen LogP contribution in [0.5, 0.6) is 5.75 Å². The summed E-state index contributed by atoms with van der Waals surface area (Å²) in [5.41, 5.74) is 0. The van der Waals surface area contributed by atoms with Crippen molar-refractivity contribution in [3.63, 3.8) is 0 Å². The van der Waals surface area contributed by atoms with E-state index < -0.39 is 0 Å². The number of likely N-dealkylation sites (tertiary alicyclic amines) is 1. The smallest absolute Gasteiger partial charge is 0.123 e. The van der Waals surface area contributed by atoms with Crippen molar-refractivity contribution in [3.8, 4) is 5.75 Å². The third-order valence-corrected chi connectivity index (χ3v) is 4.08. The lowest BCUT2D eigenvalue weighted by molar-refractivity contribution is 0.140. The molecule has 1 aromatic rings. The van der Waals surface area contributed by atoms with Gasteiger partial charge in [-0.05, 0) is 69.1 Å². The molecule has 0 unspecified atom stereocenters. The van der Waals surface area contributed by atoms with Gasteiger partial charge in [0, 0.05) is 0 Å². The zero-order chi connectivity index (χ0) is 14.2. The number of unbranched alkanes of at least 4 members (excludes halogenated alkanes) is 2. The summed E-state index contributed by atoms with van der Waals surface area (Å²) in [5.74, 6) is 1.21. The second-order valence-electron chi connectivity index (χ2n) is 5.76. The van der Waals surface area contributed by atoms with Crippen molar-refractivity contribution in [2.75, 3.05) is 26.2 Å². The molecule has 0 aliphatic carbocycles. The Morgan fingerprint density at radius 1 is 1.14 bits per heavy atom. The van der Waals surface area contributed by atoms with Crippen LogP contribution in [0.4, 0.5) is 4.39 Å². The normalized spacial score (nSPS) is 16.5. The SMILES string of the molecule is CCCCCN1CCC(COc2ccc(F)cc2)CC1.Cl. The first-order chi connectivity index (χ1) is 9.78. The van der Waals surface area contributed by atoms with Crippen molar-refractivity contribution in [1.29, 1.82) is 0 Å². The van der Waals surface area contributed by atoms with Crippen LogP contribution in [0.25, 0.3) is 0 Å². The van der Waals surface area contributed by atoms with E-state index in [9.17, 15) is 4.39 Å². The molecule has 1 aromatic carbocycles. The highest BCUT2D eigenvalue weighted by molar-refractivity contribution is 5.85. The lowest BCUT2D eigenvalue weighted by Crippen LogP contribution is -2.36. The largest absolute Gasteiger partial charge is 0.493 e. The summed E-state index contributed by atoms with van der Waals surface area (Å²) >= 11 is 0. The molecule has 21 heavy (non-hydrogen) atoms. The minimum absolute atomic E-state index is 0. The molecular weight excluding hydrogens is 289 g/mol. The molecule has 0 N–H and O–H groups in total. The van der Waals surface area contributed by atoms with Crippen molar-refractivity contribution in [1.82, 2.24) is 4.90 Å². The lowest BCUT2D eigenvalue weighted by atomic mass is 9.97. The van der Waals surface area contributed by atoms with Gasteiger partial charge in [-0.1, -0.05) is 19.8 Å². The van der Waals surface area contributed by atoms with Crippen LogP contribution in [0.1, 0.15) is 39.0 Å². The van der Waals surface area contributed by atoms with Gasteiger partial charge in [-0.3, -0.25) is 0 Å². The van der Waals surface area contributed by atoms with E-state index >= 15 is 0 Å². The molecule has 1 saturated heterocycles. The fraction of sp³-hybridized carbons (Fsp3) is 0.647. The molecule has 120 valence electrons. The van der Waals surface area contributed by atoms with Crippen molar-refractivity contribution in [2.24, 2.45) is 5.92 Å². The van der Waals surface area contributed by atoms with Crippen LogP contribution in [0.2, 0.25) is 0 Å². The molecule has 1 aliphatic heterocycles. The number of halogens is 2. The van der Waals surface area contributed by atoms with Gasteiger partial charge >= 0.3 is 0 Å². The Hall–Kier alpha value is -0.800. The van der Waals surface area contributed by atoms with Gasteiger partial charge in [0.05, 0.1) is 6.61 Å². The quantitative estimate of drug-likeness (QED) is 0.685. The fourth-order valence-electron chi connectivity index (χ4n) is 2.71. The Labute approximate surface area is 134 Å². The molecule has 0 atom stereocenters. The number of rotatable bonds is 7. The van der Waals surface area contributed by atoms with Crippen LogP contribution in [0.3, 0.4) is 0 Å². The summed E-state index contributed by atoms with van der Waals surface area (Å²) in [6, 6.07) is 6.31. The second kappa shape index (κ2) is 10.0. The maximum Gasteiger partial charge on any atom is 0.123 e. The molecule has 0 aromatic heterocycles. The Balaban J connectivity index is 0.00000220. The van der Waals surface area contributed by atoms with E-state index in [0.29, 0.717) is 5.92 Å². The Morgan fingerprint density at radius 3 is 2.43 bits per heavy atom. The van der Waals surface area contributed by atoms with Gasteiger partial charge in [-0.15, -0.1) is 12.4 Å². The van der Waals surface area contributed by atoms with Gasteiger partial charge in [0.15, 0.2) is 0 Å². The molecule has 0 radical (unpaired) electrons. The van der Waals surface area contributed by atoms with E-state index in [1.54, 1.807) is 12.1 Å². The third kappa shape index (κ3) is 6.66. The fourth-order valence-corrected chi connectivity index (χ4v) is 2.71. The number of benzene rings is 1. The van der Waals surface area contributed by atoms with Gasteiger partial charge in [0.25, 0.3) is 0 Å². The highest BCUT2D eigenvalue weighted by atomic mass is 35.5. The standard InChI is InChI=1S/C17H26FNO.ClH/c1-2-3-4-11-19-12-9-15(10-13-19)14-20-17-7-5-16(18)6-8-17;/h5-8,15H,2-4,9-14H2,1H3;1H. The topological polar surface area (TPSA) is 12.5 Å². The van der Waals surface area contributed by atoms with Crippen molar-refractivity contribution in [2.45, 2.75) is 39.0 Å². The molecule has 0 amide bonds. The molecule has 0 bridgehead atoms. The van der Waals surface area contributed by atoms with Crippen molar-refractivity contribution in [3.05, 3.63) is 30.1 Å². The summed E-state index contributed by atoms with van der Waals surface area (Å²) < 4.78 is 18.5. The molecule has 1 heterocycles. The third-order valence-electron chi connectivity index (χ3n) is 4.08. The van der Waals surface area contributed by atoms with E-state index in [4.69, 9.17) is 4.74 Å². The van der Waals surface area contributed by atoms with E-state index in [1.807, 2.05) is 0 Å². The summed E-state index contributed by atoms with van der Waals surface area (Å²) in [5, 5.41) is 0. The predicted octanol–water partition coefficient (Wildman–Crippen LogP) is 4.53. The summed E-state index contributed by atoms with van der Waals surface area (Å²) in [6.45, 7) is 6.65. The average Bonchev–Trinajstić information content (AvgIpc) is 2.48. The number of hydrogen-bond acceptors (Lipinski definition) is 2. The lowest BCUT2D eigenvalue weighted by Gasteiger charge is -2.31. The molecule has 0 spiro atoms. The molecule has 1 aliphatic rings. The van der Waals surface area contributed by atoms with E-state index in [2.05, 4.69) is 11.8 Å². The van der Waals surface area contributed by atoms with Gasteiger partial charge < -0.3 is 9.64 Å². The van der Waals surface area contributed by atoms with Gasteiger partial charge in [-0.25, -0.2) is 4.39 Å². The number of ether oxygens (including phenoxy) is 1. The van der Waals surface area contributed by atoms with Crippen molar-refractivity contribution >= 4 is 12.4 Å². The Kier molecular flexibility index (Phi) is 8.70. The molecule has 1 fully saturated rings. The predicted molar refractivity (Wildman–Crippen MR) is 87.8 cm³/mol. The van der Waals surface area contributed by atoms with E-state index in [-0.39, 0.29) is 18.2 Å². The minimum atomic E-state index is -0.210. The summed E-state index contributed by atoms with van der Waals surface area (Å²) in [6.07, 6.45) is 6.39. The average molecular weight is 316 g/mol. The second-order valence-corrected chi connectivity index (χ2v) is 5.76. The molecule has 2 nitrogen and oxygen atoms in total. The Bertz CT molecular complexity index is 377. The maximum atomic E-state index is 12.8.